The maximum Gasteiger partial charge on any atom is 0.350 e. The number of nitrogens with zero attached hydrogens (tertiary/aromatic N) is 2. The standard InChI is InChI=1S/C37H30N2O7S/c1-22-19-27(45-21-24-11-6-4-7-12-24)17-18-29(22)32(40)30-31(25-13-10-16-28(20-25)46-26-14-8-5-9-15-26)39(35(42)33(30)41)37-38-23(2)34(47-37)36(43)44-3/h4-20,31,40H,21H2,1-3H3/t31-/m1/s1. The predicted molar refractivity (Wildman–Crippen MR) is 178 cm³/mol. The third kappa shape index (κ3) is 6.36. The summed E-state index contributed by atoms with van der Waals surface area (Å²) in [6.07, 6.45) is 0. The van der Waals surface area contributed by atoms with Gasteiger partial charge >= 0.3 is 11.9 Å². The minimum Gasteiger partial charge on any atom is -0.507 e. The summed E-state index contributed by atoms with van der Waals surface area (Å²) in [5.74, 6) is -1.10. The first-order valence-electron chi connectivity index (χ1n) is 14.7. The predicted octanol–water partition coefficient (Wildman–Crippen LogP) is 7.54. The van der Waals surface area contributed by atoms with Gasteiger partial charge < -0.3 is 19.3 Å². The number of anilines is 1. The van der Waals surface area contributed by atoms with Crippen LogP contribution in [0.5, 0.6) is 17.2 Å². The highest BCUT2D eigenvalue weighted by Gasteiger charge is 2.48. The van der Waals surface area contributed by atoms with Crippen LogP contribution in [0.15, 0.2) is 109 Å². The number of amides is 1. The Morgan fingerprint density at radius 2 is 1.57 bits per heavy atom. The van der Waals surface area contributed by atoms with Crippen LogP contribution in [0.25, 0.3) is 5.76 Å². The van der Waals surface area contributed by atoms with Crippen LogP contribution in [-0.2, 0) is 20.9 Å². The average molecular weight is 647 g/mol. The molecule has 1 fully saturated rings. The molecule has 1 aliphatic rings. The highest BCUT2D eigenvalue weighted by molar-refractivity contribution is 7.17. The van der Waals surface area contributed by atoms with Gasteiger partial charge in [0.2, 0.25) is 0 Å². The molecule has 0 bridgehead atoms. The van der Waals surface area contributed by atoms with E-state index in [2.05, 4.69) is 4.98 Å². The summed E-state index contributed by atoms with van der Waals surface area (Å²) >= 11 is 0.934. The van der Waals surface area contributed by atoms with Crippen LogP contribution in [0.4, 0.5) is 5.13 Å². The Labute approximate surface area is 275 Å². The lowest BCUT2D eigenvalue weighted by Gasteiger charge is -2.23. The number of hydrogen-bond acceptors (Lipinski definition) is 9. The molecule has 2 heterocycles. The summed E-state index contributed by atoms with van der Waals surface area (Å²) < 4.78 is 16.9. The first-order chi connectivity index (χ1) is 22.7. The van der Waals surface area contributed by atoms with Crippen LogP contribution in [-0.4, -0.2) is 34.9 Å². The van der Waals surface area contributed by atoms with Crippen LogP contribution < -0.4 is 14.4 Å². The highest BCUT2D eigenvalue weighted by atomic mass is 32.1. The molecule has 0 saturated carbocycles. The molecule has 47 heavy (non-hydrogen) atoms. The molecule has 4 aromatic carbocycles. The van der Waals surface area contributed by atoms with E-state index in [1.165, 1.54) is 12.0 Å². The molecule has 0 radical (unpaired) electrons. The van der Waals surface area contributed by atoms with Gasteiger partial charge in [-0.05, 0) is 73.0 Å². The summed E-state index contributed by atoms with van der Waals surface area (Å²) in [6, 6.07) is 29.9. The number of aromatic nitrogens is 1. The minimum atomic E-state index is -1.08. The molecule has 10 heteroatoms. The average Bonchev–Trinajstić information content (AvgIpc) is 3.60. The molecule has 1 saturated heterocycles. The van der Waals surface area contributed by atoms with E-state index >= 15 is 0 Å². The smallest absolute Gasteiger partial charge is 0.350 e. The number of aliphatic hydroxyl groups is 1. The number of methoxy groups -OCH3 is 1. The van der Waals surface area contributed by atoms with Gasteiger partial charge in [0.25, 0.3) is 5.78 Å². The Morgan fingerprint density at radius 1 is 0.872 bits per heavy atom. The zero-order valence-corrected chi connectivity index (χ0v) is 26.6. The van der Waals surface area contributed by atoms with E-state index in [0.29, 0.717) is 46.2 Å². The number of hydrogen-bond donors (Lipinski definition) is 1. The van der Waals surface area contributed by atoms with Crippen molar-refractivity contribution in [3.05, 3.63) is 142 Å². The molecule has 1 atom stereocenters. The van der Waals surface area contributed by atoms with Gasteiger partial charge in [-0.2, -0.15) is 0 Å². The number of benzene rings is 4. The Balaban J connectivity index is 1.43. The number of rotatable bonds is 9. The number of thiazole rings is 1. The van der Waals surface area contributed by atoms with Crippen molar-refractivity contribution < 1.29 is 33.7 Å². The van der Waals surface area contributed by atoms with Crippen molar-refractivity contribution in [1.29, 1.82) is 0 Å². The Bertz CT molecular complexity index is 2000. The molecule has 5 aromatic rings. The van der Waals surface area contributed by atoms with E-state index in [9.17, 15) is 19.5 Å². The normalized spacial score (nSPS) is 15.5. The van der Waals surface area contributed by atoms with Crippen molar-refractivity contribution in [2.75, 3.05) is 12.0 Å². The fraction of sp³-hybridized carbons (Fsp3) is 0.135. The van der Waals surface area contributed by atoms with Gasteiger partial charge in [0.05, 0.1) is 24.4 Å². The van der Waals surface area contributed by atoms with Crippen LogP contribution >= 0.6 is 11.3 Å². The number of aliphatic hydroxyl groups excluding tert-OH is 1. The molecular weight excluding hydrogens is 616 g/mol. The van der Waals surface area contributed by atoms with E-state index in [1.807, 2.05) is 48.5 Å². The molecule has 9 nitrogen and oxygen atoms in total. The Morgan fingerprint density at radius 3 is 2.28 bits per heavy atom. The fourth-order valence-electron chi connectivity index (χ4n) is 5.36. The van der Waals surface area contributed by atoms with E-state index in [4.69, 9.17) is 14.2 Å². The van der Waals surface area contributed by atoms with Gasteiger partial charge in [-0.25, -0.2) is 9.78 Å². The Hall–Kier alpha value is -5.74. The fourth-order valence-corrected chi connectivity index (χ4v) is 6.37. The van der Waals surface area contributed by atoms with Gasteiger partial charge in [0.15, 0.2) is 5.13 Å². The molecule has 0 aliphatic carbocycles. The van der Waals surface area contributed by atoms with Gasteiger partial charge in [0.1, 0.15) is 34.5 Å². The molecule has 6 rings (SSSR count). The summed E-state index contributed by atoms with van der Waals surface area (Å²) in [5.41, 5.74) is 2.72. The molecule has 236 valence electrons. The number of ether oxygens (including phenoxy) is 3. The lowest BCUT2D eigenvalue weighted by atomic mass is 9.94. The van der Waals surface area contributed by atoms with E-state index in [1.54, 1.807) is 68.4 Å². The number of aryl methyl sites for hydroxylation is 2. The lowest BCUT2D eigenvalue weighted by molar-refractivity contribution is -0.132. The lowest BCUT2D eigenvalue weighted by Crippen LogP contribution is -2.29. The number of para-hydroxylation sites is 1. The van der Waals surface area contributed by atoms with Gasteiger partial charge in [-0.1, -0.05) is 72.0 Å². The van der Waals surface area contributed by atoms with Gasteiger partial charge in [-0.15, -0.1) is 0 Å². The second-order valence-electron chi connectivity index (χ2n) is 10.8. The number of carbonyl (C=O) groups is 3. The molecule has 1 aliphatic heterocycles. The molecule has 0 unspecified atom stereocenters. The van der Waals surface area contributed by atoms with Crippen molar-refractivity contribution in [3.63, 3.8) is 0 Å². The summed E-state index contributed by atoms with van der Waals surface area (Å²) in [6.45, 7) is 3.77. The van der Waals surface area contributed by atoms with Crippen molar-refractivity contribution >= 4 is 39.9 Å². The number of ketones is 1. The second-order valence-corrected chi connectivity index (χ2v) is 11.8. The van der Waals surface area contributed by atoms with Crippen LogP contribution in [0.2, 0.25) is 0 Å². The van der Waals surface area contributed by atoms with Crippen LogP contribution in [0.1, 0.15) is 43.7 Å². The third-order valence-corrected chi connectivity index (χ3v) is 8.80. The molecule has 0 spiro atoms. The SMILES string of the molecule is COC(=O)c1sc(N2C(=O)C(=O)C(=C(O)c3ccc(OCc4ccccc4)cc3C)[C@H]2c2cccc(Oc3ccccc3)c2)nc1C. The van der Waals surface area contributed by atoms with E-state index in [-0.39, 0.29) is 21.3 Å². The van der Waals surface area contributed by atoms with E-state index < -0.39 is 23.7 Å². The maximum absolute atomic E-state index is 13.8. The number of carbonyl (C=O) groups excluding carboxylic acids is 3. The van der Waals surface area contributed by atoms with Crippen LogP contribution in [0, 0.1) is 13.8 Å². The highest BCUT2D eigenvalue weighted by Crippen LogP contribution is 2.45. The third-order valence-electron chi connectivity index (χ3n) is 7.66. The van der Waals surface area contributed by atoms with Crippen LogP contribution in [0.3, 0.4) is 0 Å². The number of Topliss-reactive ketones (excluding diaryl/α,β-unsaturated/α-hetero) is 1. The summed E-state index contributed by atoms with van der Waals surface area (Å²) in [4.78, 5) is 45.9. The minimum absolute atomic E-state index is 0.116. The molecule has 1 N–H and O–H groups in total. The van der Waals surface area contributed by atoms with Gasteiger partial charge in [0, 0.05) is 5.56 Å². The number of esters is 1. The first kappa shape index (κ1) is 31.3. The van der Waals surface area contributed by atoms with Crippen molar-refractivity contribution in [3.8, 4) is 17.2 Å². The first-order valence-corrected chi connectivity index (χ1v) is 15.5. The quantitative estimate of drug-likeness (QED) is 0.0756. The molecular formula is C37H30N2O7S. The zero-order valence-electron chi connectivity index (χ0n) is 25.8. The second kappa shape index (κ2) is 13.3. The topological polar surface area (TPSA) is 115 Å². The largest absolute Gasteiger partial charge is 0.507 e. The Kier molecular flexibility index (Phi) is 8.86. The van der Waals surface area contributed by atoms with Crippen molar-refractivity contribution in [2.24, 2.45) is 0 Å². The summed E-state index contributed by atoms with van der Waals surface area (Å²) in [5, 5.41) is 11.9. The molecule has 1 aromatic heterocycles. The van der Waals surface area contributed by atoms with E-state index in [0.717, 1.165) is 16.9 Å². The van der Waals surface area contributed by atoms with Gasteiger partial charge in [-0.3, -0.25) is 14.5 Å². The zero-order chi connectivity index (χ0) is 33.1. The van der Waals surface area contributed by atoms with Crippen molar-refractivity contribution in [1.82, 2.24) is 4.98 Å². The molecule has 1 amide bonds. The van der Waals surface area contributed by atoms with Crippen molar-refractivity contribution in [2.45, 2.75) is 26.5 Å². The summed E-state index contributed by atoms with van der Waals surface area (Å²) in [7, 11) is 1.26. The maximum atomic E-state index is 13.8. The monoisotopic (exact) mass is 646 g/mol.